The van der Waals surface area contributed by atoms with Gasteiger partial charge in [-0.2, -0.15) is 0 Å². The SMILES string of the molecule is F.N[C@H]1C(O)O[C@H](CO)[C@H](O)[C@@H]1O. The number of ether oxygens (including phenoxy) is 1. The summed E-state index contributed by atoms with van der Waals surface area (Å²) in [6, 6.07) is -1.04. The van der Waals surface area contributed by atoms with Crippen LogP contribution in [0, 0.1) is 0 Å². The Morgan fingerprint density at radius 1 is 1.15 bits per heavy atom. The van der Waals surface area contributed by atoms with Gasteiger partial charge in [0.25, 0.3) is 0 Å². The molecule has 0 radical (unpaired) electrons. The number of rotatable bonds is 1. The second-order valence-electron chi connectivity index (χ2n) is 2.81. The van der Waals surface area contributed by atoms with Crippen molar-refractivity contribution < 1.29 is 29.9 Å². The summed E-state index contributed by atoms with van der Waals surface area (Å²) in [5.74, 6) is 0. The van der Waals surface area contributed by atoms with Gasteiger partial charge in [-0.1, -0.05) is 0 Å². The highest BCUT2D eigenvalue weighted by Gasteiger charge is 2.41. The maximum atomic E-state index is 9.20. The molecule has 7 heteroatoms. The van der Waals surface area contributed by atoms with E-state index in [2.05, 4.69) is 0 Å². The van der Waals surface area contributed by atoms with Crippen LogP contribution in [0.5, 0.6) is 0 Å². The second-order valence-corrected chi connectivity index (χ2v) is 2.81. The first kappa shape index (κ1) is 12.7. The van der Waals surface area contributed by atoms with Crippen molar-refractivity contribution >= 4 is 0 Å². The highest BCUT2D eigenvalue weighted by atomic mass is 19.0. The van der Waals surface area contributed by atoms with E-state index in [1.165, 1.54) is 0 Å². The van der Waals surface area contributed by atoms with Gasteiger partial charge in [0.15, 0.2) is 6.29 Å². The van der Waals surface area contributed by atoms with Crippen molar-refractivity contribution in [2.45, 2.75) is 30.6 Å². The summed E-state index contributed by atoms with van der Waals surface area (Å²) in [5.41, 5.74) is 5.26. The molecule has 1 fully saturated rings. The summed E-state index contributed by atoms with van der Waals surface area (Å²) < 4.78 is 4.70. The van der Waals surface area contributed by atoms with Gasteiger partial charge < -0.3 is 30.9 Å². The molecule has 6 N–H and O–H groups in total. The second kappa shape index (κ2) is 4.80. The van der Waals surface area contributed by atoms with Crippen molar-refractivity contribution in [1.29, 1.82) is 0 Å². The molecule has 1 unspecified atom stereocenters. The van der Waals surface area contributed by atoms with E-state index in [4.69, 9.17) is 20.7 Å². The highest BCUT2D eigenvalue weighted by molar-refractivity contribution is 4.90. The van der Waals surface area contributed by atoms with Gasteiger partial charge in [-0.25, -0.2) is 0 Å². The molecule has 0 amide bonds. The molecule has 1 aliphatic heterocycles. The zero-order valence-electron chi connectivity index (χ0n) is 6.78. The Labute approximate surface area is 73.9 Å². The molecule has 1 saturated heterocycles. The van der Waals surface area contributed by atoms with E-state index in [-0.39, 0.29) is 4.70 Å². The van der Waals surface area contributed by atoms with Crippen LogP contribution >= 0.6 is 0 Å². The van der Waals surface area contributed by atoms with Gasteiger partial charge in [0.1, 0.15) is 18.3 Å². The topological polar surface area (TPSA) is 116 Å². The summed E-state index contributed by atoms with van der Waals surface area (Å²) in [4.78, 5) is 0. The average Bonchev–Trinajstić information content (AvgIpc) is 2.08. The minimum Gasteiger partial charge on any atom is -0.394 e. The van der Waals surface area contributed by atoms with Crippen LogP contribution in [-0.2, 0) is 4.74 Å². The lowest BCUT2D eigenvalue weighted by Gasteiger charge is -2.38. The van der Waals surface area contributed by atoms with Crippen molar-refractivity contribution in [2.75, 3.05) is 6.61 Å². The number of nitrogens with two attached hydrogens (primary N) is 1. The normalized spacial score (nSPS) is 45.5. The summed E-state index contributed by atoms with van der Waals surface area (Å²) in [7, 11) is 0. The van der Waals surface area contributed by atoms with E-state index in [0.29, 0.717) is 0 Å². The Kier molecular flexibility index (Phi) is 4.68. The molecule has 0 aromatic rings. The predicted octanol–water partition coefficient (Wildman–Crippen LogP) is -3.10. The third kappa shape index (κ3) is 2.33. The van der Waals surface area contributed by atoms with Crippen LogP contribution in [0.3, 0.4) is 0 Å². The van der Waals surface area contributed by atoms with Crippen LogP contribution in [0.15, 0.2) is 0 Å². The molecular formula is C6H14FNO5. The van der Waals surface area contributed by atoms with Crippen LogP contribution in [0.25, 0.3) is 0 Å². The van der Waals surface area contributed by atoms with Crippen LogP contribution < -0.4 is 5.73 Å². The molecule has 0 aromatic heterocycles. The van der Waals surface area contributed by atoms with Crippen molar-refractivity contribution in [1.82, 2.24) is 0 Å². The molecule has 0 bridgehead atoms. The van der Waals surface area contributed by atoms with Crippen molar-refractivity contribution in [3.63, 3.8) is 0 Å². The van der Waals surface area contributed by atoms with Crippen LogP contribution in [0.1, 0.15) is 0 Å². The van der Waals surface area contributed by atoms with Crippen molar-refractivity contribution in [3.8, 4) is 0 Å². The van der Waals surface area contributed by atoms with Gasteiger partial charge in [0, 0.05) is 0 Å². The lowest BCUT2D eigenvalue weighted by Crippen LogP contribution is -2.61. The summed E-state index contributed by atoms with van der Waals surface area (Å²) in [6.07, 6.45) is -4.85. The Bertz CT molecular complexity index is 155. The van der Waals surface area contributed by atoms with Crippen molar-refractivity contribution in [2.24, 2.45) is 5.73 Å². The zero-order valence-corrected chi connectivity index (χ0v) is 6.78. The highest BCUT2D eigenvalue weighted by Crippen LogP contribution is 2.17. The average molecular weight is 199 g/mol. The molecule has 5 atom stereocenters. The fourth-order valence-electron chi connectivity index (χ4n) is 1.12. The van der Waals surface area contributed by atoms with E-state index in [0.717, 1.165) is 0 Å². The number of aliphatic hydroxyl groups excluding tert-OH is 4. The molecule has 0 aromatic carbocycles. The monoisotopic (exact) mass is 199 g/mol. The summed E-state index contributed by atoms with van der Waals surface area (Å²) in [5, 5.41) is 36.1. The molecule has 0 aliphatic carbocycles. The molecule has 1 rings (SSSR count). The smallest absolute Gasteiger partial charge is 0.173 e. The molecule has 0 saturated carbocycles. The predicted molar refractivity (Wildman–Crippen MR) is 40.5 cm³/mol. The van der Waals surface area contributed by atoms with Gasteiger partial charge in [0.2, 0.25) is 0 Å². The Morgan fingerprint density at radius 2 is 1.69 bits per heavy atom. The van der Waals surface area contributed by atoms with Crippen LogP contribution in [0.2, 0.25) is 0 Å². The van der Waals surface area contributed by atoms with Gasteiger partial charge in [-0.3, -0.25) is 4.70 Å². The molecule has 0 spiro atoms. The van der Waals surface area contributed by atoms with Gasteiger partial charge in [0.05, 0.1) is 12.6 Å². The van der Waals surface area contributed by atoms with Gasteiger partial charge in [-0.05, 0) is 0 Å². The van der Waals surface area contributed by atoms with E-state index in [9.17, 15) is 10.2 Å². The lowest BCUT2D eigenvalue weighted by molar-refractivity contribution is -0.248. The maximum absolute atomic E-state index is 9.20. The minimum absolute atomic E-state index is 0. The first-order valence-electron chi connectivity index (χ1n) is 3.64. The van der Waals surface area contributed by atoms with E-state index >= 15 is 0 Å². The van der Waals surface area contributed by atoms with E-state index < -0.39 is 37.3 Å². The first-order valence-corrected chi connectivity index (χ1v) is 3.64. The number of hydrogen-bond acceptors (Lipinski definition) is 6. The Hall–Kier alpha value is -0.310. The first-order chi connectivity index (χ1) is 5.57. The van der Waals surface area contributed by atoms with Crippen molar-refractivity contribution in [3.05, 3.63) is 0 Å². The fourth-order valence-corrected chi connectivity index (χ4v) is 1.12. The Morgan fingerprint density at radius 3 is 2.15 bits per heavy atom. The van der Waals surface area contributed by atoms with E-state index in [1.807, 2.05) is 0 Å². The third-order valence-corrected chi connectivity index (χ3v) is 1.95. The molecular weight excluding hydrogens is 185 g/mol. The van der Waals surface area contributed by atoms with Gasteiger partial charge >= 0.3 is 0 Å². The Balaban J connectivity index is 0.00000144. The summed E-state index contributed by atoms with van der Waals surface area (Å²) in [6.45, 7) is -0.470. The fraction of sp³-hybridized carbons (Fsp3) is 1.00. The number of hydrogen-bond donors (Lipinski definition) is 5. The minimum atomic E-state index is -1.35. The lowest BCUT2D eigenvalue weighted by atomic mass is 9.98. The molecule has 6 nitrogen and oxygen atoms in total. The number of aliphatic hydroxyl groups is 4. The third-order valence-electron chi connectivity index (χ3n) is 1.95. The molecule has 1 heterocycles. The van der Waals surface area contributed by atoms with Gasteiger partial charge in [-0.15, -0.1) is 0 Å². The number of halogens is 1. The maximum Gasteiger partial charge on any atom is 0.173 e. The van der Waals surface area contributed by atoms with Crippen LogP contribution in [-0.4, -0.2) is 57.7 Å². The quantitative estimate of drug-likeness (QED) is 0.305. The van der Waals surface area contributed by atoms with E-state index in [1.54, 1.807) is 0 Å². The van der Waals surface area contributed by atoms with Crippen LogP contribution in [0.4, 0.5) is 4.70 Å². The standard InChI is InChI=1S/C6H13NO5.FH/c7-3-5(10)4(9)2(1-8)12-6(3)11;/h2-6,8-11H,1,7H2;1H/t2-,3-,4+,5-,6?;/m1./s1. The summed E-state index contributed by atoms with van der Waals surface area (Å²) >= 11 is 0. The molecule has 80 valence electrons. The molecule has 1 aliphatic rings. The molecule has 13 heavy (non-hydrogen) atoms. The largest absolute Gasteiger partial charge is 0.394 e. The zero-order chi connectivity index (χ0) is 9.30.